The van der Waals surface area contributed by atoms with Gasteiger partial charge in [0.2, 0.25) is 11.8 Å². The summed E-state index contributed by atoms with van der Waals surface area (Å²) < 4.78 is 7.37. The van der Waals surface area contributed by atoms with Crippen molar-refractivity contribution in [2.45, 2.75) is 40.2 Å². The molecule has 0 aromatic carbocycles. The molecular formula is C21H29N5O3. The van der Waals surface area contributed by atoms with Crippen molar-refractivity contribution in [1.29, 1.82) is 0 Å². The minimum atomic E-state index is -0.0986. The topological polar surface area (TPSA) is 80.6 Å². The van der Waals surface area contributed by atoms with E-state index in [0.29, 0.717) is 57.2 Å². The van der Waals surface area contributed by atoms with Gasteiger partial charge in [-0.1, -0.05) is 0 Å². The summed E-state index contributed by atoms with van der Waals surface area (Å²) in [6, 6.07) is 5.49. The number of aryl methyl sites for hydroxylation is 3. The highest BCUT2D eigenvalue weighted by Crippen LogP contribution is 2.18. The van der Waals surface area contributed by atoms with E-state index in [2.05, 4.69) is 10.1 Å². The predicted octanol–water partition coefficient (Wildman–Crippen LogP) is 2.06. The molecule has 8 heteroatoms. The molecule has 0 unspecified atom stereocenters. The van der Waals surface area contributed by atoms with Gasteiger partial charge in [0, 0.05) is 51.0 Å². The molecule has 0 bridgehead atoms. The lowest BCUT2D eigenvalue weighted by atomic mass is 10.2. The van der Waals surface area contributed by atoms with Gasteiger partial charge in [-0.05, 0) is 45.4 Å². The van der Waals surface area contributed by atoms with Crippen molar-refractivity contribution >= 4 is 11.8 Å². The molecule has 3 rings (SSSR count). The summed E-state index contributed by atoms with van der Waals surface area (Å²) in [6.07, 6.45) is 2.78. The Hall–Kier alpha value is -2.90. The minimum Gasteiger partial charge on any atom is -0.477 e. The van der Waals surface area contributed by atoms with Gasteiger partial charge in [-0.25, -0.2) is 4.98 Å². The van der Waals surface area contributed by atoms with Gasteiger partial charge in [0.15, 0.2) is 0 Å². The van der Waals surface area contributed by atoms with E-state index in [1.807, 2.05) is 36.4 Å². The van der Waals surface area contributed by atoms with E-state index in [4.69, 9.17) is 4.74 Å². The van der Waals surface area contributed by atoms with Gasteiger partial charge in [0.25, 0.3) is 5.91 Å². The highest BCUT2D eigenvalue weighted by Gasteiger charge is 2.25. The van der Waals surface area contributed by atoms with E-state index in [-0.39, 0.29) is 11.8 Å². The largest absolute Gasteiger partial charge is 0.477 e. The molecule has 0 aliphatic carbocycles. The lowest BCUT2D eigenvalue weighted by Crippen LogP contribution is -2.37. The molecule has 0 atom stereocenters. The van der Waals surface area contributed by atoms with Crippen LogP contribution in [0.2, 0.25) is 0 Å². The zero-order valence-corrected chi connectivity index (χ0v) is 17.4. The van der Waals surface area contributed by atoms with Gasteiger partial charge in [-0.2, -0.15) is 5.10 Å². The summed E-state index contributed by atoms with van der Waals surface area (Å²) in [5, 5.41) is 4.41. The van der Waals surface area contributed by atoms with Crippen LogP contribution in [-0.4, -0.2) is 69.2 Å². The Morgan fingerprint density at radius 1 is 1.14 bits per heavy atom. The van der Waals surface area contributed by atoms with Crippen molar-refractivity contribution in [3.8, 4) is 5.88 Å². The predicted molar refractivity (Wildman–Crippen MR) is 109 cm³/mol. The maximum absolute atomic E-state index is 13.0. The Morgan fingerprint density at radius 3 is 2.62 bits per heavy atom. The Kier molecular flexibility index (Phi) is 6.85. The minimum absolute atomic E-state index is 0.0986. The fourth-order valence-electron chi connectivity index (χ4n) is 3.61. The Morgan fingerprint density at radius 2 is 1.90 bits per heavy atom. The van der Waals surface area contributed by atoms with E-state index in [0.717, 1.165) is 17.8 Å². The third-order valence-electron chi connectivity index (χ3n) is 5.06. The number of hydrogen-bond donors (Lipinski definition) is 0. The number of pyridine rings is 1. The highest BCUT2D eigenvalue weighted by molar-refractivity contribution is 5.96. The first-order chi connectivity index (χ1) is 14.0. The maximum atomic E-state index is 13.0. The molecule has 2 aromatic heterocycles. The smallest absolute Gasteiger partial charge is 0.259 e. The van der Waals surface area contributed by atoms with Crippen LogP contribution < -0.4 is 4.74 Å². The number of amides is 2. The molecule has 156 valence electrons. The van der Waals surface area contributed by atoms with Gasteiger partial charge in [-0.15, -0.1) is 0 Å². The number of carbonyl (C=O) groups excluding carboxylic acids is 2. The van der Waals surface area contributed by atoms with E-state index < -0.39 is 0 Å². The van der Waals surface area contributed by atoms with Crippen molar-refractivity contribution in [1.82, 2.24) is 24.6 Å². The number of aromatic nitrogens is 3. The second-order valence-corrected chi connectivity index (χ2v) is 7.22. The van der Waals surface area contributed by atoms with Crippen LogP contribution in [0.5, 0.6) is 5.88 Å². The Bertz CT molecular complexity index is 864. The summed E-state index contributed by atoms with van der Waals surface area (Å²) >= 11 is 0. The molecule has 0 radical (unpaired) electrons. The first kappa shape index (κ1) is 20.8. The van der Waals surface area contributed by atoms with Crippen molar-refractivity contribution in [2.75, 3.05) is 32.8 Å². The SMILES string of the molecule is CCOc1ncccc1C(=O)N1CCCN(C(=O)CCn2nc(C)cc2C)CC1. The fourth-order valence-corrected chi connectivity index (χ4v) is 3.61. The van der Waals surface area contributed by atoms with E-state index >= 15 is 0 Å². The van der Waals surface area contributed by atoms with Crippen molar-refractivity contribution in [2.24, 2.45) is 0 Å². The molecule has 1 aliphatic rings. The van der Waals surface area contributed by atoms with Gasteiger partial charge in [-0.3, -0.25) is 14.3 Å². The van der Waals surface area contributed by atoms with Crippen molar-refractivity contribution < 1.29 is 14.3 Å². The number of hydrogen-bond acceptors (Lipinski definition) is 5. The molecule has 1 saturated heterocycles. The molecule has 8 nitrogen and oxygen atoms in total. The molecule has 3 heterocycles. The average Bonchev–Trinajstić information content (AvgIpc) is 2.90. The number of ether oxygens (including phenoxy) is 1. The molecule has 2 aromatic rings. The lowest BCUT2D eigenvalue weighted by molar-refractivity contribution is -0.131. The summed E-state index contributed by atoms with van der Waals surface area (Å²) in [5.41, 5.74) is 2.49. The number of carbonyl (C=O) groups is 2. The zero-order chi connectivity index (χ0) is 20.8. The normalized spacial score (nSPS) is 14.6. The second kappa shape index (κ2) is 9.54. The van der Waals surface area contributed by atoms with Crippen LogP contribution in [0.1, 0.15) is 41.5 Å². The average molecular weight is 399 g/mol. The Balaban J connectivity index is 1.58. The van der Waals surface area contributed by atoms with Gasteiger partial charge in [0.1, 0.15) is 5.56 Å². The summed E-state index contributed by atoms with van der Waals surface area (Å²) in [6.45, 7) is 9.15. The number of nitrogens with zero attached hydrogens (tertiary/aromatic N) is 5. The van der Waals surface area contributed by atoms with Crippen LogP contribution in [0.4, 0.5) is 0 Å². The molecule has 1 aliphatic heterocycles. The lowest BCUT2D eigenvalue weighted by Gasteiger charge is -2.23. The van der Waals surface area contributed by atoms with E-state index in [1.165, 1.54) is 0 Å². The van der Waals surface area contributed by atoms with Crippen molar-refractivity contribution in [3.05, 3.63) is 41.3 Å². The van der Waals surface area contributed by atoms with Crippen LogP contribution in [0, 0.1) is 13.8 Å². The summed E-state index contributed by atoms with van der Waals surface area (Å²) in [4.78, 5) is 33.5. The van der Waals surface area contributed by atoms with Gasteiger partial charge in [0.05, 0.1) is 12.3 Å². The molecule has 0 spiro atoms. The first-order valence-electron chi connectivity index (χ1n) is 10.2. The molecule has 0 N–H and O–H groups in total. The number of rotatable bonds is 6. The molecule has 1 fully saturated rings. The van der Waals surface area contributed by atoms with Crippen LogP contribution >= 0.6 is 0 Å². The fraction of sp³-hybridized carbons (Fsp3) is 0.524. The molecule has 29 heavy (non-hydrogen) atoms. The van der Waals surface area contributed by atoms with Gasteiger partial charge < -0.3 is 14.5 Å². The third kappa shape index (κ3) is 5.13. The summed E-state index contributed by atoms with van der Waals surface area (Å²) in [5.74, 6) is 0.365. The van der Waals surface area contributed by atoms with E-state index in [1.54, 1.807) is 23.2 Å². The molecule has 2 amide bonds. The zero-order valence-electron chi connectivity index (χ0n) is 17.4. The van der Waals surface area contributed by atoms with Crippen molar-refractivity contribution in [3.63, 3.8) is 0 Å². The second-order valence-electron chi connectivity index (χ2n) is 7.22. The standard InChI is InChI=1S/C21H29N5O3/c1-4-29-20-18(7-5-9-22-20)21(28)25-11-6-10-24(13-14-25)19(27)8-12-26-17(3)15-16(2)23-26/h5,7,9,15H,4,6,8,10-14H2,1-3H3. The first-order valence-corrected chi connectivity index (χ1v) is 10.2. The monoisotopic (exact) mass is 399 g/mol. The maximum Gasteiger partial charge on any atom is 0.259 e. The van der Waals surface area contributed by atoms with E-state index in [9.17, 15) is 9.59 Å². The van der Waals surface area contributed by atoms with Crippen LogP contribution in [0.3, 0.4) is 0 Å². The molecule has 0 saturated carbocycles. The Labute approximate surface area is 171 Å². The van der Waals surface area contributed by atoms with Crippen LogP contribution in [0.25, 0.3) is 0 Å². The van der Waals surface area contributed by atoms with Crippen LogP contribution in [-0.2, 0) is 11.3 Å². The third-order valence-corrected chi connectivity index (χ3v) is 5.06. The molecular weight excluding hydrogens is 370 g/mol. The van der Waals surface area contributed by atoms with Crippen LogP contribution in [0.15, 0.2) is 24.4 Å². The quantitative estimate of drug-likeness (QED) is 0.743. The van der Waals surface area contributed by atoms with Gasteiger partial charge >= 0.3 is 0 Å². The summed E-state index contributed by atoms with van der Waals surface area (Å²) in [7, 11) is 0. The highest BCUT2D eigenvalue weighted by atomic mass is 16.5.